The van der Waals surface area contributed by atoms with Gasteiger partial charge in [-0.15, -0.1) is 24.8 Å². The molecule has 0 saturated carbocycles. The lowest BCUT2D eigenvalue weighted by Crippen LogP contribution is -2.57. The molecule has 3 aliphatic heterocycles. The number of nitrogens with two attached hydrogens (primary N) is 2. The Kier molecular flexibility index (Phi) is 26.9. The number of methoxy groups -OCH3 is 3. The Hall–Kier alpha value is -6.03. The predicted molar refractivity (Wildman–Crippen MR) is 313 cm³/mol. The minimum absolute atomic E-state index is 0. The van der Waals surface area contributed by atoms with E-state index in [1.54, 1.807) is 54.5 Å². The molecule has 80 heavy (non-hydrogen) atoms. The van der Waals surface area contributed by atoms with E-state index in [1.807, 2.05) is 0 Å². The average molecular weight is 1200 g/mol. The normalized spacial score (nSPS) is 18.6. The number of anilines is 2. The second-order valence-electron chi connectivity index (χ2n) is 20.5. The molecule has 0 aromatic heterocycles. The standard InChI is InChI=1S/C31H42ClFN4O5.C25H33ClN4O6.2ClH/c1-19-12-20(2)29(37(16-19)31(39)40)22(18-42-24-6-4-23(33)5-7-24)17-36-10-8-21(9-11-36)15-35-30(38)25-13-26(32)27(34)14-28(25)41-3;1-34-18-3-5-19(6-4-18)36-15-17(29-25(32)33)14-30-9-7-16(8-10-30)13-28-24(31)20-11-21(26)22(27)12-23(20)35-2;;/h4-7,13-14,19-22,29H,8-12,15-18,34H2,1-3H3,(H,35,38)(H,39,40);3-6,11-12,16-17,29H,7-10,13-15,27H2,1-2H3,(H,28,31)(H,32,33);2*1H. The molecule has 3 fully saturated rings. The van der Waals surface area contributed by atoms with Crippen LogP contribution in [0.25, 0.3) is 0 Å². The van der Waals surface area contributed by atoms with Gasteiger partial charge in [-0.2, -0.15) is 0 Å². The lowest BCUT2D eigenvalue weighted by molar-refractivity contribution is 0.00610. The summed E-state index contributed by atoms with van der Waals surface area (Å²) in [4.78, 5) is 55.3. The highest BCUT2D eigenvalue weighted by Crippen LogP contribution is 2.35. The molecule has 4 aromatic rings. The Morgan fingerprint density at radius 3 is 1.57 bits per heavy atom. The summed E-state index contributed by atoms with van der Waals surface area (Å²) in [6, 6.07) is 18.6. The highest BCUT2D eigenvalue weighted by Gasteiger charge is 2.41. The molecule has 7 rings (SSSR count). The molecule has 0 radical (unpaired) electrons. The van der Waals surface area contributed by atoms with Crippen LogP contribution in [0.5, 0.6) is 28.7 Å². The van der Waals surface area contributed by atoms with Gasteiger partial charge in [0.15, 0.2) is 0 Å². The molecular formula is C56H77Cl4FN8O11. The molecule has 3 heterocycles. The number of nitrogens with one attached hydrogen (secondary N) is 3. The van der Waals surface area contributed by atoms with Crippen LogP contribution in [0.15, 0.2) is 72.8 Å². The summed E-state index contributed by atoms with van der Waals surface area (Å²) in [5.41, 5.74) is 13.0. The average Bonchev–Trinajstić information content (AvgIpc) is 3.45. The molecule has 4 amide bonds. The van der Waals surface area contributed by atoms with E-state index in [0.717, 1.165) is 64.0 Å². The Labute approximate surface area is 490 Å². The Balaban J connectivity index is 0.000000340. The Morgan fingerprint density at radius 2 is 1.12 bits per heavy atom. The van der Waals surface area contributed by atoms with Gasteiger partial charge in [-0.05, 0) is 143 Å². The maximum absolute atomic E-state index is 13.4. The zero-order valence-electron chi connectivity index (χ0n) is 45.8. The fourth-order valence-corrected chi connectivity index (χ4v) is 10.9. The van der Waals surface area contributed by atoms with Gasteiger partial charge in [0.1, 0.15) is 41.2 Å². The molecule has 0 aliphatic carbocycles. The van der Waals surface area contributed by atoms with Crippen molar-refractivity contribution >= 4 is 83.4 Å². The zero-order chi connectivity index (χ0) is 56.5. The van der Waals surface area contributed by atoms with Crippen molar-refractivity contribution in [3.63, 3.8) is 0 Å². The van der Waals surface area contributed by atoms with Crippen LogP contribution >= 0.6 is 48.0 Å². The quantitative estimate of drug-likeness (QED) is 0.0384. The molecule has 24 heteroatoms. The minimum atomic E-state index is -1.09. The number of carboxylic acid groups (broad SMARTS) is 2. The second kappa shape index (κ2) is 32.4. The fourth-order valence-electron chi connectivity index (χ4n) is 10.6. The molecule has 9 N–H and O–H groups in total. The third-order valence-electron chi connectivity index (χ3n) is 14.7. The zero-order valence-corrected chi connectivity index (χ0v) is 48.9. The predicted octanol–water partition coefficient (Wildman–Crippen LogP) is 9.17. The molecule has 5 unspecified atom stereocenters. The van der Waals surface area contributed by atoms with Gasteiger partial charge in [-0.3, -0.25) is 9.59 Å². The van der Waals surface area contributed by atoms with Crippen LogP contribution in [0.2, 0.25) is 10.0 Å². The van der Waals surface area contributed by atoms with Crippen LogP contribution in [0.4, 0.5) is 25.4 Å². The van der Waals surface area contributed by atoms with E-state index < -0.39 is 12.2 Å². The number of nitrogens with zero attached hydrogens (tertiary/aromatic N) is 3. The molecule has 0 bridgehead atoms. The highest BCUT2D eigenvalue weighted by molar-refractivity contribution is 6.34. The number of rotatable bonds is 21. The molecule has 19 nitrogen and oxygen atoms in total. The number of carbonyl (C=O) groups is 4. The van der Waals surface area contributed by atoms with Crippen LogP contribution in [0.3, 0.4) is 0 Å². The van der Waals surface area contributed by atoms with Crippen molar-refractivity contribution in [2.45, 2.75) is 58.0 Å². The van der Waals surface area contributed by atoms with Gasteiger partial charge in [0.25, 0.3) is 11.8 Å². The van der Waals surface area contributed by atoms with E-state index in [-0.39, 0.29) is 73.0 Å². The molecule has 4 aromatic carbocycles. The molecule has 442 valence electrons. The van der Waals surface area contributed by atoms with Gasteiger partial charge in [0.2, 0.25) is 0 Å². The largest absolute Gasteiger partial charge is 0.497 e. The minimum Gasteiger partial charge on any atom is -0.497 e. The monoisotopic (exact) mass is 1200 g/mol. The van der Waals surface area contributed by atoms with Crippen LogP contribution in [-0.2, 0) is 0 Å². The SMILES string of the molecule is COc1cc(N)c(Cl)cc1C(=O)NCC1CCN(CC(COc2ccc(F)cc2)C2C(C)CC(C)CN2C(=O)O)CC1.COc1ccc(OCC(CN2CCC(CNC(=O)c3cc(Cl)c(N)cc3OC)CC2)NC(=O)O)cc1.Cl.Cl. The number of hydrogen-bond donors (Lipinski definition) is 7. The number of hydrogen-bond acceptors (Lipinski definition) is 13. The van der Waals surface area contributed by atoms with E-state index in [4.69, 9.17) is 58.4 Å². The van der Waals surface area contributed by atoms with Gasteiger partial charge < -0.3 is 76.0 Å². The number of amides is 4. The fraction of sp³-hybridized carbons (Fsp3) is 0.500. The summed E-state index contributed by atoms with van der Waals surface area (Å²) < 4.78 is 41.0. The number of likely N-dealkylation sites (tertiary alicyclic amines) is 3. The van der Waals surface area contributed by atoms with Crippen LogP contribution < -0.4 is 51.1 Å². The first-order chi connectivity index (χ1) is 37.3. The Bertz CT molecular complexity index is 2620. The van der Waals surface area contributed by atoms with Crippen molar-refractivity contribution in [1.82, 2.24) is 30.7 Å². The van der Waals surface area contributed by atoms with E-state index in [1.165, 1.54) is 44.6 Å². The van der Waals surface area contributed by atoms with E-state index in [0.29, 0.717) is 113 Å². The maximum atomic E-state index is 13.4. The number of piperidine rings is 3. The van der Waals surface area contributed by atoms with Crippen molar-refractivity contribution < 1.29 is 57.5 Å². The van der Waals surface area contributed by atoms with Crippen molar-refractivity contribution in [2.75, 3.05) is 105 Å². The van der Waals surface area contributed by atoms with Crippen molar-refractivity contribution in [3.05, 3.63) is 99.8 Å². The first kappa shape index (κ1) is 66.5. The van der Waals surface area contributed by atoms with Crippen molar-refractivity contribution in [2.24, 2.45) is 29.6 Å². The van der Waals surface area contributed by atoms with Crippen molar-refractivity contribution in [1.29, 1.82) is 0 Å². The van der Waals surface area contributed by atoms with E-state index >= 15 is 0 Å². The third-order valence-corrected chi connectivity index (χ3v) is 15.3. The van der Waals surface area contributed by atoms with Crippen LogP contribution in [-0.4, -0.2) is 154 Å². The van der Waals surface area contributed by atoms with Crippen molar-refractivity contribution in [3.8, 4) is 28.7 Å². The third kappa shape index (κ3) is 19.6. The summed E-state index contributed by atoms with van der Waals surface area (Å²) in [7, 11) is 4.55. The second-order valence-corrected chi connectivity index (χ2v) is 21.3. The van der Waals surface area contributed by atoms with Gasteiger partial charge >= 0.3 is 12.2 Å². The first-order valence-electron chi connectivity index (χ1n) is 26.3. The van der Waals surface area contributed by atoms with Gasteiger partial charge in [0.05, 0.1) is 66.5 Å². The smallest absolute Gasteiger partial charge is 0.407 e. The molecule has 3 saturated heterocycles. The van der Waals surface area contributed by atoms with E-state index in [2.05, 4.69) is 39.6 Å². The number of nitrogen functional groups attached to an aromatic ring is 2. The summed E-state index contributed by atoms with van der Waals surface area (Å²) in [6.07, 6.45) is 2.50. The Morgan fingerprint density at radius 1 is 0.675 bits per heavy atom. The number of halogens is 5. The van der Waals surface area contributed by atoms with Crippen LogP contribution in [0, 0.1) is 35.4 Å². The van der Waals surface area contributed by atoms with E-state index in [9.17, 15) is 33.8 Å². The number of carbonyl (C=O) groups excluding carboxylic acids is 2. The maximum Gasteiger partial charge on any atom is 0.407 e. The van der Waals surface area contributed by atoms with Gasteiger partial charge in [-0.1, -0.05) is 37.0 Å². The lowest BCUT2D eigenvalue weighted by Gasteiger charge is -2.46. The summed E-state index contributed by atoms with van der Waals surface area (Å²) in [6.45, 7) is 10.8. The molecular weight excluding hydrogens is 1120 g/mol. The highest BCUT2D eigenvalue weighted by atomic mass is 35.5. The first-order valence-corrected chi connectivity index (χ1v) is 27.0. The lowest BCUT2D eigenvalue weighted by atomic mass is 9.78. The molecule has 5 atom stereocenters. The topological polar surface area (TPSA) is 253 Å². The summed E-state index contributed by atoms with van der Waals surface area (Å²) in [5.74, 6) is 2.83. The number of benzene rings is 4. The summed E-state index contributed by atoms with van der Waals surface area (Å²) in [5, 5.41) is 28.4. The van der Waals surface area contributed by atoms with Crippen LogP contribution in [0.1, 0.15) is 66.7 Å². The van der Waals surface area contributed by atoms with Gasteiger partial charge in [-0.25, -0.2) is 14.0 Å². The number of ether oxygens (including phenoxy) is 5. The summed E-state index contributed by atoms with van der Waals surface area (Å²) >= 11 is 12.2. The molecule has 3 aliphatic rings. The molecule has 0 spiro atoms. The van der Waals surface area contributed by atoms with Gasteiger partial charge in [0, 0.05) is 56.8 Å².